The summed E-state index contributed by atoms with van der Waals surface area (Å²) in [5.41, 5.74) is 2.36. The second-order valence-corrected chi connectivity index (χ2v) is 8.92. The minimum Gasteiger partial charge on any atom is -0.463 e. The maximum atomic E-state index is 13.7. The molecule has 9 heteroatoms. The van der Waals surface area contributed by atoms with Crippen molar-refractivity contribution >= 4 is 29.2 Å². The van der Waals surface area contributed by atoms with Crippen LogP contribution in [0.1, 0.15) is 39.4 Å². The van der Waals surface area contributed by atoms with Crippen molar-refractivity contribution in [3.05, 3.63) is 99.6 Å². The highest BCUT2D eigenvalue weighted by molar-refractivity contribution is 6.31. The van der Waals surface area contributed by atoms with Crippen LogP contribution >= 0.6 is 11.6 Å². The number of carbonyl (C=O) groups excluding carboxylic acids is 2. The summed E-state index contributed by atoms with van der Waals surface area (Å²) in [4.78, 5) is 28.4. The molecule has 1 aliphatic heterocycles. The van der Waals surface area contributed by atoms with Crippen molar-refractivity contribution in [3.63, 3.8) is 0 Å². The van der Waals surface area contributed by atoms with E-state index in [0.29, 0.717) is 28.4 Å². The van der Waals surface area contributed by atoms with Crippen LogP contribution in [0.15, 0.2) is 81.6 Å². The number of nitrogens with zero attached hydrogens (tertiary/aromatic N) is 1. The van der Waals surface area contributed by atoms with Crippen molar-refractivity contribution in [1.29, 1.82) is 0 Å². The van der Waals surface area contributed by atoms with Crippen molar-refractivity contribution in [2.75, 3.05) is 18.1 Å². The summed E-state index contributed by atoms with van der Waals surface area (Å²) >= 11 is 5.96. The number of carbonyl (C=O) groups is 2. The number of furan rings is 1. The number of benzene rings is 2. The Kier molecular flexibility index (Phi) is 8.02. The number of hydrogen-bond acceptors (Lipinski definition) is 6. The molecule has 0 unspecified atom stereocenters. The quantitative estimate of drug-likeness (QED) is 0.296. The number of hydrogen-bond donors (Lipinski definition) is 0. The maximum absolute atomic E-state index is 13.7. The fraction of sp³-hybridized carbons (Fsp3) is 0.241. The molecule has 3 aromatic rings. The molecule has 2 heterocycles. The van der Waals surface area contributed by atoms with Crippen LogP contribution < -0.4 is 4.90 Å². The molecule has 0 bridgehead atoms. The van der Waals surface area contributed by atoms with Crippen LogP contribution in [-0.2, 0) is 19.1 Å². The molecule has 2 aromatic carbocycles. The molecule has 0 saturated carbocycles. The van der Waals surface area contributed by atoms with E-state index in [9.17, 15) is 18.4 Å². The van der Waals surface area contributed by atoms with Crippen LogP contribution in [0, 0.1) is 11.6 Å². The third-order valence-electron chi connectivity index (χ3n) is 6.22. The first kappa shape index (κ1) is 27.1. The number of allylic oxidation sites excluding steroid dienone is 2. The Bertz CT molecular complexity index is 1400. The Labute approximate surface area is 224 Å². The molecule has 0 aliphatic carbocycles. The zero-order chi connectivity index (χ0) is 27.6. The zero-order valence-corrected chi connectivity index (χ0v) is 22.1. The van der Waals surface area contributed by atoms with Crippen molar-refractivity contribution in [2.24, 2.45) is 0 Å². The first-order valence-electron chi connectivity index (χ1n) is 12.0. The van der Waals surface area contributed by atoms with Gasteiger partial charge in [-0.2, -0.15) is 0 Å². The normalized spacial score (nSPS) is 14.2. The minimum absolute atomic E-state index is 0.0704. The van der Waals surface area contributed by atoms with Crippen molar-refractivity contribution in [2.45, 2.75) is 33.6 Å². The maximum Gasteiger partial charge on any atom is 0.336 e. The van der Waals surface area contributed by atoms with E-state index in [0.717, 1.165) is 0 Å². The van der Waals surface area contributed by atoms with Gasteiger partial charge in [0.25, 0.3) is 0 Å². The summed E-state index contributed by atoms with van der Waals surface area (Å²) in [6, 6.07) is 13.2. The van der Waals surface area contributed by atoms with Gasteiger partial charge >= 0.3 is 11.9 Å². The molecule has 1 aromatic heterocycles. The van der Waals surface area contributed by atoms with E-state index in [1.165, 1.54) is 30.3 Å². The van der Waals surface area contributed by atoms with Gasteiger partial charge < -0.3 is 18.8 Å². The average molecular weight is 542 g/mol. The molecule has 0 N–H and O–H groups in total. The Morgan fingerprint density at radius 1 is 0.895 bits per heavy atom. The lowest BCUT2D eigenvalue weighted by Gasteiger charge is -2.37. The lowest BCUT2D eigenvalue weighted by atomic mass is 9.82. The van der Waals surface area contributed by atoms with Gasteiger partial charge in [-0.15, -0.1) is 0 Å². The minimum atomic E-state index is -0.963. The number of rotatable bonds is 7. The number of halogens is 3. The molecule has 0 spiro atoms. The summed E-state index contributed by atoms with van der Waals surface area (Å²) in [6.45, 7) is 7.01. The topological polar surface area (TPSA) is 69.0 Å². The Morgan fingerprint density at radius 3 is 2.00 bits per heavy atom. The predicted octanol–water partition coefficient (Wildman–Crippen LogP) is 7.16. The van der Waals surface area contributed by atoms with Crippen LogP contribution in [0.3, 0.4) is 0 Å². The molecule has 1 aliphatic rings. The summed E-state index contributed by atoms with van der Waals surface area (Å²) < 4.78 is 44.3. The largest absolute Gasteiger partial charge is 0.463 e. The summed E-state index contributed by atoms with van der Waals surface area (Å²) in [7, 11) is 0. The molecule has 38 heavy (non-hydrogen) atoms. The second-order valence-electron chi connectivity index (χ2n) is 8.51. The Balaban J connectivity index is 1.93. The van der Waals surface area contributed by atoms with Gasteiger partial charge in [0.1, 0.15) is 23.2 Å². The van der Waals surface area contributed by atoms with E-state index < -0.39 is 29.5 Å². The monoisotopic (exact) mass is 541 g/mol. The fourth-order valence-electron chi connectivity index (χ4n) is 4.58. The lowest BCUT2D eigenvalue weighted by molar-refractivity contribution is -0.139. The molecule has 0 atom stereocenters. The standard InChI is InChI=1S/C29H26ClF2NO5/c1-5-36-28(34)25-16(3)33(20-10-8-19(31)9-11-20)17(4)26(29(35)37-6-2)27(25)24-14-13-23(38-24)18-7-12-22(32)21(30)15-18/h7-15,27H,5-6H2,1-4H3. The average Bonchev–Trinajstić information content (AvgIpc) is 3.36. The van der Waals surface area contributed by atoms with Gasteiger partial charge in [0.05, 0.1) is 35.3 Å². The molecule has 0 amide bonds. The van der Waals surface area contributed by atoms with Gasteiger partial charge in [0, 0.05) is 22.6 Å². The highest BCUT2D eigenvalue weighted by Gasteiger charge is 2.42. The first-order chi connectivity index (χ1) is 18.2. The number of anilines is 1. The highest BCUT2D eigenvalue weighted by Crippen LogP contribution is 2.45. The van der Waals surface area contributed by atoms with Gasteiger partial charge in [-0.1, -0.05) is 11.6 Å². The Hall–Kier alpha value is -3.91. The van der Waals surface area contributed by atoms with Crippen molar-refractivity contribution in [1.82, 2.24) is 0 Å². The van der Waals surface area contributed by atoms with Crippen LogP contribution in [0.25, 0.3) is 11.3 Å². The number of ether oxygens (including phenoxy) is 2. The smallest absolute Gasteiger partial charge is 0.336 e. The lowest BCUT2D eigenvalue weighted by Crippen LogP contribution is -2.35. The summed E-state index contributed by atoms with van der Waals surface area (Å²) in [5, 5.41) is -0.0704. The predicted molar refractivity (Wildman–Crippen MR) is 139 cm³/mol. The van der Waals surface area contributed by atoms with Crippen molar-refractivity contribution in [3.8, 4) is 11.3 Å². The third-order valence-corrected chi connectivity index (χ3v) is 6.51. The zero-order valence-electron chi connectivity index (χ0n) is 21.3. The van der Waals surface area contributed by atoms with Crippen LogP contribution in [0.5, 0.6) is 0 Å². The fourth-order valence-corrected chi connectivity index (χ4v) is 4.76. The summed E-state index contributed by atoms with van der Waals surface area (Å²) in [6.07, 6.45) is 0. The van der Waals surface area contributed by atoms with Crippen LogP contribution in [-0.4, -0.2) is 25.2 Å². The van der Waals surface area contributed by atoms with Gasteiger partial charge in [0.2, 0.25) is 0 Å². The van der Waals surface area contributed by atoms with E-state index in [1.807, 2.05) is 0 Å². The van der Waals surface area contributed by atoms with E-state index in [-0.39, 0.29) is 35.1 Å². The van der Waals surface area contributed by atoms with E-state index >= 15 is 0 Å². The second kappa shape index (κ2) is 11.2. The molecule has 0 saturated heterocycles. The Morgan fingerprint density at radius 2 is 1.47 bits per heavy atom. The molecule has 0 fully saturated rings. The number of esters is 2. The SMILES string of the molecule is CCOC(=O)C1=C(C)N(c2ccc(F)cc2)C(C)=C(C(=O)OCC)C1c1ccc(-c2ccc(F)c(Cl)c2)o1. The van der Waals surface area contributed by atoms with Gasteiger partial charge in [0.15, 0.2) is 0 Å². The van der Waals surface area contributed by atoms with Gasteiger partial charge in [-0.05, 0) is 82.3 Å². The van der Waals surface area contributed by atoms with Gasteiger partial charge in [-0.25, -0.2) is 18.4 Å². The highest BCUT2D eigenvalue weighted by atomic mass is 35.5. The third kappa shape index (κ3) is 5.09. The molecule has 198 valence electrons. The summed E-state index contributed by atoms with van der Waals surface area (Å²) in [5.74, 6) is -2.59. The van der Waals surface area contributed by atoms with Crippen LogP contribution in [0.2, 0.25) is 5.02 Å². The molecule has 6 nitrogen and oxygen atoms in total. The van der Waals surface area contributed by atoms with Crippen LogP contribution in [0.4, 0.5) is 14.5 Å². The molecular formula is C29H26ClF2NO5. The van der Waals surface area contributed by atoms with E-state index in [2.05, 4.69) is 0 Å². The first-order valence-corrected chi connectivity index (χ1v) is 12.4. The van der Waals surface area contributed by atoms with Gasteiger partial charge in [-0.3, -0.25) is 0 Å². The molecule has 4 rings (SSSR count). The van der Waals surface area contributed by atoms with Crippen molar-refractivity contribution < 1.29 is 32.3 Å². The molecule has 0 radical (unpaired) electrons. The molecular weight excluding hydrogens is 516 g/mol. The van der Waals surface area contributed by atoms with E-state index in [1.54, 1.807) is 56.9 Å². The van der Waals surface area contributed by atoms with E-state index in [4.69, 9.17) is 25.5 Å².